The van der Waals surface area contributed by atoms with Crippen molar-refractivity contribution in [2.45, 2.75) is 6.92 Å². The number of amides is 1. The van der Waals surface area contributed by atoms with Gasteiger partial charge >= 0.3 is 16.3 Å². The Kier molecular flexibility index (Phi) is 4.91. The molecule has 9 heteroatoms. The molecule has 2 N–H and O–H groups in total. The molecule has 0 unspecified atom stereocenters. The van der Waals surface area contributed by atoms with Crippen LogP contribution in [0.2, 0.25) is 0 Å². The number of hydrogen-bond donors (Lipinski definition) is 2. The Morgan fingerprint density at radius 1 is 1.50 bits per heavy atom. The van der Waals surface area contributed by atoms with Crippen molar-refractivity contribution in [2.75, 3.05) is 11.3 Å². The summed E-state index contributed by atoms with van der Waals surface area (Å²) in [6.07, 6.45) is -1.09. The van der Waals surface area contributed by atoms with Gasteiger partial charge in [0.2, 0.25) is 0 Å². The van der Waals surface area contributed by atoms with Gasteiger partial charge in [0.15, 0.2) is 0 Å². The van der Waals surface area contributed by atoms with Crippen molar-refractivity contribution in [3.8, 4) is 0 Å². The lowest BCUT2D eigenvalue weighted by atomic mass is 10.3. The van der Waals surface area contributed by atoms with Crippen molar-refractivity contribution in [3.63, 3.8) is 0 Å². The monoisotopic (exact) mass is 340 g/mol. The largest absolute Gasteiger partial charge is 0.449 e. The topological polar surface area (TPSA) is 84.5 Å². The normalized spacial score (nSPS) is 10.8. The van der Waals surface area contributed by atoms with Gasteiger partial charge in [0.1, 0.15) is 5.82 Å². The summed E-state index contributed by atoms with van der Waals surface area (Å²) < 4.78 is 44.1. The number of halogens is 2. The molecule has 0 aliphatic rings. The zero-order valence-electron chi connectivity index (χ0n) is 9.24. The van der Waals surface area contributed by atoms with Crippen molar-refractivity contribution in [2.24, 2.45) is 0 Å². The van der Waals surface area contributed by atoms with Crippen molar-refractivity contribution in [1.29, 1.82) is 0 Å². The molecule has 18 heavy (non-hydrogen) atoms. The van der Waals surface area contributed by atoms with E-state index in [0.29, 0.717) is 0 Å². The SMILES string of the molecule is CCOC(=O)NS(=O)(=O)Nc1ccc(F)cc1Br. The first kappa shape index (κ1) is 14.7. The number of ether oxygens (including phenoxy) is 1. The summed E-state index contributed by atoms with van der Waals surface area (Å²) in [6, 6.07) is 3.37. The fraction of sp³-hybridized carbons (Fsp3) is 0.222. The third-order valence-corrected chi connectivity index (χ3v) is 3.25. The highest BCUT2D eigenvalue weighted by atomic mass is 79.9. The van der Waals surface area contributed by atoms with Crippen LogP contribution in [-0.2, 0) is 14.9 Å². The summed E-state index contributed by atoms with van der Waals surface area (Å²) in [6.45, 7) is 1.58. The van der Waals surface area contributed by atoms with Gasteiger partial charge in [-0.05, 0) is 41.1 Å². The first-order chi connectivity index (χ1) is 8.34. The molecule has 0 aliphatic heterocycles. The fourth-order valence-electron chi connectivity index (χ4n) is 1.01. The maximum Gasteiger partial charge on any atom is 0.422 e. The zero-order valence-corrected chi connectivity index (χ0v) is 11.6. The molecule has 6 nitrogen and oxygen atoms in total. The van der Waals surface area contributed by atoms with Gasteiger partial charge in [-0.3, -0.25) is 4.72 Å². The molecule has 100 valence electrons. The highest BCUT2D eigenvalue weighted by Crippen LogP contribution is 2.23. The quantitative estimate of drug-likeness (QED) is 0.877. The average Bonchev–Trinajstić information content (AvgIpc) is 2.21. The maximum absolute atomic E-state index is 12.8. The van der Waals surface area contributed by atoms with E-state index >= 15 is 0 Å². The van der Waals surface area contributed by atoms with Crippen LogP contribution in [0, 0.1) is 5.82 Å². The smallest absolute Gasteiger partial charge is 0.422 e. The summed E-state index contributed by atoms with van der Waals surface area (Å²) in [5.74, 6) is -0.525. The molecule has 0 fully saturated rings. The Balaban J connectivity index is 2.79. The van der Waals surface area contributed by atoms with Crippen molar-refractivity contribution >= 4 is 37.9 Å². The molecule has 0 aromatic heterocycles. The molecule has 1 aromatic carbocycles. The molecule has 0 saturated carbocycles. The van der Waals surface area contributed by atoms with E-state index in [4.69, 9.17) is 0 Å². The molecule has 1 rings (SSSR count). The Morgan fingerprint density at radius 3 is 2.72 bits per heavy atom. The molecule has 0 heterocycles. The van der Waals surface area contributed by atoms with Crippen LogP contribution in [0.5, 0.6) is 0 Å². The highest BCUT2D eigenvalue weighted by molar-refractivity contribution is 9.10. The average molecular weight is 341 g/mol. The van der Waals surface area contributed by atoms with Crippen molar-refractivity contribution < 1.29 is 22.3 Å². The second-order valence-electron chi connectivity index (χ2n) is 3.05. The number of benzene rings is 1. The van der Waals surface area contributed by atoms with Gasteiger partial charge in [0.05, 0.1) is 12.3 Å². The summed E-state index contributed by atoms with van der Waals surface area (Å²) in [7, 11) is -4.12. The molecule has 0 atom stereocenters. The van der Waals surface area contributed by atoms with E-state index in [2.05, 4.69) is 20.7 Å². The lowest BCUT2D eigenvalue weighted by Crippen LogP contribution is -2.35. The van der Waals surface area contributed by atoms with Crippen molar-refractivity contribution in [3.05, 3.63) is 28.5 Å². The molecule has 0 radical (unpaired) electrons. The molecule has 0 aliphatic carbocycles. The standard InChI is InChI=1S/C9H10BrFN2O4S/c1-2-17-9(14)13-18(15,16)12-8-4-3-6(11)5-7(8)10/h3-5,12H,2H2,1H3,(H,13,14). The molecule has 0 spiro atoms. The van der Waals surface area contributed by atoms with E-state index in [1.807, 2.05) is 4.72 Å². The number of rotatable bonds is 4. The van der Waals surface area contributed by atoms with Gasteiger partial charge < -0.3 is 4.74 Å². The highest BCUT2D eigenvalue weighted by Gasteiger charge is 2.16. The van der Waals surface area contributed by atoms with E-state index < -0.39 is 22.1 Å². The Morgan fingerprint density at radius 2 is 2.17 bits per heavy atom. The van der Waals surface area contributed by atoms with E-state index in [1.165, 1.54) is 13.0 Å². The van der Waals surface area contributed by atoms with Crippen LogP contribution >= 0.6 is 15.9 Å². The molecule has 1 aromatic rings. The minimum Gasteiger partial charge on any atom is -0.449 e. The molecular weight excluding hydrogens is 331 g/mol. The second kappa shape index (κ2) is 6.01. The minimum atomic E-state index is -4.12. The lowest BCUT2D eigenvalue weighted by molar-refractivity contribution is 0.159. The fourth-order valence-corrected chi connectivity index (χ4v) is 2.39. The van der Waals surface area contributed by atoms with Gasteiger partial charge in [0, 0.05) is 4.47 Å². The van der Waals surface area contributed by atoms with E-state index in [-0.39, 0.29) is 16.8 Å². The van der Waals surface area contributed by atoms with Gasteiger partial charge in [0.25, 0.3) is 0 Å². The molecule has 1 amide bonds. The number of hydrogen-bond acceptors (Lipinski definition) is 4. The van der Waals surface area contributed by atoms with Crippen LogP contribution < -0.4 is 9.44 Å². The second-order valence-corrected chi connectivity index (χ2v) is 5.32. The first-order valence-corrected chi connectivity index (χ1v) is 7.04. The van der Waals surface area contributed by atoms with Crippen LogP contribution in [0.25, 0.3) is 0 Å². The third kappa shape index (κ3) is 4.49. The summed E-state index contributed by atoms with van der Waals surface area (Å²) in [4.78, 5) is 11.0. The van der Waals surface area contributed by atoms with Crippen LogP contribution in [0.1, 0.15) is 6.92 Å². The van der Waals surface area contributed by atoms with Crippen LogP contribution in [0.4, 0.5) is 14.9 Å². The van der Waals surface area contributed by atoms with Crippen LogP contribution in [0.3, 0.4) is 0 Å². The maximum atomic E-state index is 12.8. The summed E-state index contributed by atoms with van der Waals surface area (Å²) >= 11 is 2.99. The number of nitrogens with one attached hydrogen (secondary N) is 2. The lowest BCUT2D eigenvalue weighted by Gasteiger charge is -2.10. The van der Waals surface area contributed by atoms with Crippen LogP contribution in [0.15, 0.2) is 22.7 Å². The van der Waals surface area contributed by atoms with Gasteiger partial charge in [-0.25, -0.2) is 13.9 Å². The Labute approximate surface area is 112 Å². The van der Waals surface area contributed by atoms with Crippen molar-refractivity contribution in [1.82, 2.24) is 4.72 Å². The summed E-state index contributed by atoms with van der Waals surface area (Å²) in [5, 5.41) is 0. The number of anilines is 1. The molecule has 0 bridgehead atoms. The van der Waals surface area contributed by atoms with Gasteiger partial charge in [-0.1, -0.05) is 0 Å². The van der Waals surface area contributed by atoms with Gasteiger partial charge in [-0.2, -0.15) is 8.42 Å². The first-order valence-electron chi connectivity index (χ1n) is 4.76. The van der Waals surface area contributed by atoms with E-state index in [9.17, 15) is 17.6 Å². The van der Waals surface area contributed by atoms with E-state index in [1.54, 1.807) is 4.72 Å². The number of carbonyl (C=O) groups is 1. The summed E-state index contributed by atoms with van der Waals surface area (Å²) in [5.41, 5.74) is 0.0909. The third-order valence-electron chi connectivity index (χ3n) is 1.67. The molecule has 0 saturated heterocycles. The predicted molar refractivity (Wildman–Crippen MR) is 66.8 cm³/mol. The Bertz CT molecular complexity index is 549. The minimum absolute atomic E-state index is 0.0433. The number of carbonyl (C=O) groups excluding carboxylic acids is 1. The van der Waals surface area contributed by atoms with Crippen LogP contribution in [-0.4, -0.2) is 21.1 Å². The van der Waals surface area contributed by atoms with E-state index in [0.717, 1.165) is 12.1 Å². The Hall–Kier alpha value is -1.35. The zero-order chi connectivity index (χ0) is 13.8. The van der Waals surface area contributed by atoms with Gasteiger partial charge in [-0.15, -0.1) is 0 Å². The predicted octanol–water partition coefficient (Wildman–Crippen LogP) is 1.99. The molecular formula is C9H10BrFN2O4S.